The van der Waals surface area contributed by atoms with Crippen molar-refractivity contribution in [3.63, 3.8) is 0 Å². The lowest BCUT2D eigenvalue weighted by Crippen LogP contribution is -2.14. The van der Waals surface area contributed by atoms with E-state index in [1.54, 1.807) is 0 Å². The van der Waals surface area contributed by atoms with Gasteiger partial charge in [0.2, 0.25) is 0 Å². The van der Waals surface area contributed by atoms with Crippen molar-refractivity contribution in [3.8, 4) is 0 Å². The quantitative estimate of drug-likeness (QED) is 0.557. The van der Waals surface area contributed by atoms with Crippen molar-refractivity contribution in [3.05, 3.63) is 0 Å². The zero-order valence-corrected chi connectivity index (χ0v) is 8.69. The summed E-state index contributed by atoms with van der Waals surface area (Å²) < 4.78 is 15.1. The second kappa shape index (κ2) is 8.93. The number of carboxylic acids is 1. The van der Waals surface area contributed by atoms with Gasteiger partial charge >= 0.3 is 5.97 Å². The molecule has 0 aromatic heterocycles. The topological polar surface area (TPSA) is 65.0 Å². The van der Waals surface area contributed by atoms with E-state index < -0.39 is 5.97 Å². The molecule has 0 bridgehead atoms. The number of hydrogen-bond acceptors (Lipinski definition) is 4. The molecule has 0 aliphatic heterocycles. The molecule has 0 saturated carbocycles. The van der Waals surface area contributed by atoms with Crippen molar-refractivity contribution in [2.75, 3.05) is 33.0 Å². The van der Waals surface area contributed by atoms with Crippen molar-refractivity contribution >= 4 is 5.97 Å². The van der Waals surface area contributed by atoms with Gasteiger partial charge in [-0.25, -0.2) is 4.79 Å². The summed E-state index contributed by atoms with van der Waals surface area (Å²) in [7, 11) is 0. The van der Waals surface area contributed by atoms with Crippen molar-refractivity contribution in [2.45, 2.75) is 20.0 Å². The van der Waals surface area contributed by atoms with Crippen LogP contribution in [0.3, 0.4) is 0 Å². The molecule has 1 N–H and O–H groups in total. The van der Waals surface area contributed by atoms with E-state index in [9.17, 15) is 4.79 Å². The first-order valence-corrected chi connectivity index (χ1v) is 4.62. The molecule has 0 aromatic rings. The molecule has 0 radical (unpaired) electrons. The maximum absolute atomic E-state index is 10.0. The molecule has 0 unspecified atom stereocenters. The number of aliphatic carboxylic acids is 1. The minimum absolute atomic E-state index is 0.210. The van der Waals surface area contributed by atoms with Crippen LogP contribution in [0.1, 0.15) is 13.8 Å². The Kier molecular flexibility index (Phi) is 8.51. The van der Waals surface area contributed by atoms with Crippen molar-refractivity contribution in [1.82, 2.24) is 0 Å². The van der Waals surface area contributed by atoms with Gasteiger partial charge in [-0.2, -0.15) is 0 Å². The summed E-state index contributed by atoms with van der Waals surface area (Å²) in [5.41, 5.74) is 0. The predicted octanol–water partition coefficient (Wildman–Crippen LogP) is 0.529. The zero-order valence-electron chi connectivity index (χ0n) is 8.69. The first kappa shape index (κ1) is 13.4. The Bertz CT molecular complexity index is 146. The second-order valence-electron chi connectivity index (χ2n) is 2.98. The summed E-state index contributed by atoms with van der Waals surface area (Å²) >= 11 is 0. The Morgan fingerprint density at radius 3 is 2.29 bits per heavy atom. The highest BCUT2D eigenvalue weighted by Gasteiger charge is 1.96. The van der Waals surface area contributed by atoms with Gasteiger partial charge < -0.3 is 19.3 Å². The van der Waals surface area contributed by atoms with Gasteiger partial charge in [0.05, 0.1) is 32.5 Å². The standard InChI is InChI=1S/C9H18O5/c1-8(2)14-6-5-12-3-4-13-7-9(10)11/h8H,3-7H2,1-2H3,(H,10,11). The van der Waals surface area contributed by atoms with Crippen LogP contribution in [-0.2, 0) is 19.0 Å². The largest absolute Gasteiger partial charge is 0.480 e. The minimum atomic E-state index is -0.965. The third kappa shape index (κ3) is 11.4. The molecule has 5 nitrogen and oxygen atoms in total. The Hall–Kier alpha value is -0.650. The normalized spacial score (nSPS) is 10.8. The Morgan fingerprint density at radius 2 is 1.71 bits per heavy atom. The third-order valence-corrected chi connectivity index (χ3v) is 1.28. The lowest BCUT2D eigenvalue weighted by Gasteiger charge is -2.07. The van der Waals surface area contributed by atoms with Gasteiger partial charge in [0.1, 0.15) is 6.61 Å². The van der Waals surface area contributed by atoms with Crippen LogP contribution < -0.4 is 0 Å². The molecule has 0 aliphatic carbocycles. The van der Waals surface area contributed by atoms with E-state index >= 15 is 0 Å². The fourth-order valence-electron chi connectivity index (χ4n) is 0.722. The van der Waals surface area contributed by atoms with Crippen LogP contribution in [0.2, 0.25) is 0 Å². The Morgan fingerprint density at radius 1 is 1.14 bits per heavy atom. The highest BCUT2D eigenvalue weighted by atomic mass is 16.5. The van der Waals surface area contributed by atoms with E-state index in [-0.39, 0.29) is 12.7 Å². The van der Waals surface area contributed by atoms with Crippen LogP contribution in [0.4, 0.5) is 0 Å². The SMILES string of the molecule is CC(C)OCCOCCOCC(=O)O. The minimum Gasteiger partial charge on any atom is -0.480 e. The number of rotatable bonds is 9. The summed E-state index contributed by atoms with van der Waals surface area (Å²) in [6, 6.07) is 0. The summed E-state index contributed by atoms with van der Waals surface area (Å²) in [5.74, 6) is -0.965. The van der Waals surface area contributed by atoms with Crippen LogP contribution in [0.5, 0.6) is 0 Å². The smallest absolute Gasteiger partial charge is 0.329 e. The van der Waals surface area contributed by atoms with Gasteiger partial charge in [-0.3, -0.25) is 0 Å². The molecular weight excluding hydrogens is 188 g/mol. The molecule has 84 valence electrons. The summed E-state index contributed by atoms with van der Waals surface area (Å²) in [4.78, 5) is 10.0. The first-order valence-electron chi connectivity index (χ1n) is 4.62. The maximum Gasteiger partial charge on any atom is 0.329 e. The average molecular weight is 206 g/mol. The molecule has 0 rings (SSSR count). The molecule has 0 fully saturated rings. The van der Waals surface area contributed by atoms with Crippen LogP contribution in [0.25, 0.3) is 0 Å². The molecule has 0 aliphatic rings. The highest BCUT2D eigenvalue weighted by Crippen LogP contribution is 1.87. The van der Waals surface area contributed by atoms with Gasteiger partial charge in [0.25, 0.3) is 0 Å². The molecule has 0 atom stereocenters. The Balaban J connectivity index is 2.96. The third-order valence-electron chi connectivity index (χ3n) is 1.28. The monoisotopic (exact) mass is 206 g/mol. The fraction of sp³-hybridized carbons (Fsp3) is 0.889. The van der Waals surface area contributed by atoms with Gasteiger partial charge in [0, 0.05) is 0 Å². The number of ether oxygens (including phenoxy) is 3. The fourth-order valence-corrected chi connectivity index (χ4v) is 0.722. The summed E-state index contributed by atoms with van der Waals surface area (Å²) in [6.07, 6.45) is 0.210. The average Bonchev–Trinajstić information content (AvgIpc) is 2.08. The van der Waals surface area contributed by atoms with E-state index in [1.807, 2.05) is 13.8 Å². The Labute approximate surface area is 84.0 Å². The molecule has 0 saturated heterocycles. The van der Waals surface area contributed by atoms with Crippen LogP contribution in [0, 0.1) is 0 Å². The summed E-state index contributed by atoms with van der Waals surface area (Å²) in [5, 5.41) is 8.23. The molecule has 0 heterocycles. The van der Waals surface area contributed by atoms with Gasteiger partial charge in [-0.1, -0.05) is 0 Å². The lowest BCUT2D eigenvalue weighted by atomic mass is 10.5. The van der Waals surface area contributed by atoms with Crippen LogP contribution in [0.15, 0.2) is 0 Å². The highest BCUT2D eigenvalue weighted by molar-refractivity contribution is 5.67. The molecule has 5 heteroatoms. The maximum atomic E-state index is 10.0. The van der Waals surface area contributed by atoms with Crippen LogP contribution >= 0.6 is 0 Å². The second-order valence-corrected chi connectivity index (χ2v) is 2.98. The van der Waals surface area contributed by atoms with Gasteiger partial charge in [-0.15, -0.1) is 0 Å². The number of carbonyl (C=O) groups is 1. The van der Waals surface area contributed by atoms with Crippen LogP contribution in [-0.4, -0.2) is 50.2 Å². The van der Waals surface area contributed by atoms with Gasteiger partial charge in [-0.05, 0) is 13.8 Å². The summed E-state index contributed by atoms with van der Waals surface area (Å²) in [6.45, 7) is 5.39. The molecule has 0 spiro atoms. The van der Waals surface area contributed by atoms with E-state index in [4.69, 9.17) is 19.3 Å². The van der Waals surface area contributed by atoms with E-state index in [1.165, 1.54) is 0 Å². The van der Waals surface area contributed by atoms with Crippen molar-refractivity contribution in [1.29, 1.82) is 0 Å². The van der Waals surface area contributed by atoms with E-state index in [0.717, 1.165) is 0 Å². The molecule has 0 aromatic carbocycles. The van der Waals surface area contributed by atoms with E-state index in [0.29, 0.717) is 26.4 Å². The predicted molar refractivity (Wildman–Crippen MR) is 50.4 cm³/mol. The number of carboxylic acid groups (broad SMARTS) is 1. The molecule has 0 amide bonds. The van der Waals surface area contributed by atoms with E-state index in [2.05, 4.69) is 0 Å². The van der Waals surface area contributed by atoms with Gasteiger partial charge in [0.15, 0.2) is 0 Å². The first-order chi connectivity index (χ1) is 6.63. The molecule has 14 heavy (non-hydrogen) atoms. The number of hydrogen-bond donors (Lipinski definition) is 1. The zero-order chi connectivity index (χ0) is 10.8. The van der Waals surface area contributed by atoms with Crippen molar-refractivity contribution < 1.29 is 24.1 Å². The van der Waals surface area contributed by atoms with Crippen molar-refractivity contribution in [2.24, 2.45) is 0 Å². The molecular formula is C9H18O5. The lowest BCUT2D eigenvalue weighted by molar-refractivity contribution is -0.142.